The maximum absolute atomic E-state index is 6.11. The third-order valence-corrected chi connectivity index (χ3v) is 4.34. The van der Waals surface area contributed by atoms with Gasteiger partial charge in [0.2, 0.25) is 0 Å². The van der Waals surface area contributed by atoms with E-state index in [4.69, 9.17) is 10.5 Å². The van der Waals surface area contributed by atoms with Crippen LogP contribution in [0.15, 0.2) is 48.5 Å². The van der Waals surface area contributed by atoms with Crippen molar-refractivity contribution in [1.29, 1.82) is 0 Å². The Kier molecular flexibility index (Phi) is 4.26. The van der Waals surface area contributed by atoms with Crippen LogP contribution in [0.3, 0.4) is 0 Å². The molecule has 0 radical (unpaired) electrons. The summed E-state index contributed by atoms with van der Waals surface area (Å²) in [7, 11) is 0. The van der Waals surface area contributed by atoms with Crippen LogP contribution in [0.4, 0.5) is 0 Å². The molecule has 2 nitrogen and oxygen atoms in total. The van der Waals surface area contributed by atoms with Gasteiger partial charge < -0.3 is 10.5 Å². The molecule has 0 aromatic heterocycles. The van der Waals surface area contributed by atoms with Gasteiger partial charge in [-0.15, -0.1) is 0 Å². The molecule has 0 saturated heterocycles. The molecule has 0 fully saturated rings. The van der Waals surface area contributed by atoms with Gasteiger partial charge in [-0.25, -0.2) is 0 Å². The molecule has 2 unspecified atom stereocenters. The molecular weight excluding hydrogens is 258 g/mol. The highest BCUT2D eigenvalue weighted by atomic mass is 16.5. The summed E-state index contributed by atoms with van der Waals surface area (Å²) in [6, 6.07) is 16.9. The van der Waals surface area contributed by atoms with E-state index in [9.17, 15) is 0 Å². The maximum Gasteiger partial charge on any atom is 0.124 e. The summed E-state index contributed by atoms with van der Waals surface area (Å²) in [4.78, 5) is 0. The fourth-order valence-electron chi connectivity index (χ4n) is 3.21. The molecule has 0 spiro atoms. The van der Waals surface area contributed by atoms with Gasteiger partial charge in [0.15, 0.2) is 0 Å². The predicted molar refractivity (Wildman–Crippen MR) is 86.7 cm³/mol. The molecule has 0 saturated carbocycles. The van der Waals surface area contributed by atoms with Gasteiger partial charge in [-0.2, -0.15) is 0 Å². The Morgan fingerprint density at radius 2 is 1.90 bits per heavy atom. The van der Waals surface area contributed by atoms with E-state index in [2.05, 4.69) is 30.3 Å². The van der Waals surface area contributed by atoms with Crippen LogP contribution in [0.25, 0.3) is 0 Å². The predicted octanol–water partition coefficient (Wildman–Crippen LogP) is 4.21. The van der Waals surface area contributed by atoms with E-state index in [1.54, 1.807) is 0 Å². The smallest absolute Gasteiger partial charge is 0.124 e. The van der Waals surface area contributed by atoms with Crippen LogP contribution < -0.4 is 10.5 Å². The fourth-order valence-corrected chi connectivity index (χ4v) is 3.21. The number of aryl methyl sites for hydroxylation is 1. The first-order valence-electron chi connectivity index (χ1n) is 7.81. The van der Waals surface area contributed by atoms with Crippen molar-refractivity contribution in [1.82, 2.24) is 0 Å². The van der Waals surface area contributed by atoms with Gasteiger partial charge in [0.25, 0.3) is 0 Å². The molecule has 3 rings (SSSR count). The lowest BCUT2D eigenvalue weighted by atomic mass is 9.83. The quantitative estimate of drug-likeness (QED) is 0.911. The van der Waals surface area contributed by atoms with Crippen molar-refractivity contribution in [3.05, 3.63) is 65.2 Å². The summed E-state index contributed by atoms with van der Waals surface area (Å²) in [6.07, 6.45) is 3.65. The van der Waals surface area contributed by atoms with Crippen molar-refractivity contribution in [2.24, 2.45) is 5.73 Å². The molecule has 0 bridgehead atoms. The first kappa shape index (κ1) is 14.2. The number of nitrogens with two attached hydrogens (primary N) is 1. The van der Waals surface area contributed by atoms with E-state index in [-0.39, 0.29) is 6.04 Å². The average molecular weight is 281 g/mol. The first-order valence-corrected chi connectivity index (χ1v) is 7.81. The summed E-state index contributed by atoms with van der Waals surface area (Å²) in [5.41, 5.74) is 10.0. The molecule has 2 aromatic rings. The van der Waals surface area contributed by atoms with E-state index in [1.807, 2.05) is 25.1 Å². The van der Waals surface area contributed by atoms with Crippen LogP contribution in [0.2, 0.25) is 0 Å². The van der Waals surface area contributed by atoms with Gasteiger partial charge in [-0.05, 0) is 43.4 Å². The fraction of sp³-hybridized carbons (Fsp3) is 0.368. The monoisotopic (exact) mass is 281 g/mol. The largest absolute Gasteiger partial charge is 0.493 e. The minimum atomic E-state index is -0.000146. The Morgan fingerprint density at radius 3 is 2.76 bits per heavy atom. The molecule has 0 heterocycles. The lowest BCUT2D eigenvalue weighted by Gasteiger charge is -2.26. The van der Waals surface area contributed by atoms with Crippen LogP contribution in [-0.4, -0.2) is 6.61 Å². The molecular formula is C19H23NO. The highest BCUT2D eigenvalue weighted by Gasteiger charge is 2.20. The SMILES string of the molecule is CC(N)c1ccccc1OCC1CCCc2ccccc21. The minimum absolute atomic E-state index is 0.000146. The second-order valence-corrected chi connectivity index (χ2v) is 5.93. The lowest BCUT2D eigenvalue weighted by molar-refractivity contribution is 0.271. The molecule has 1 aliphatic carbocycles. The Balaban J connectivity index is 1.75. The highest BCUT2D eigenvalue weighted by molar-refractivity contribution is 5.36. The normalized spacial score (nSPS) is 18.9. The highest BCUT2D eigenvalue weighted by Crippen LogP contribution is 2.33. The van der Waals surface area contributed by atoms with Gasteiger partial charge in [-0.3, -0.25) is 0 Å². The molecule has 1 aliphatic rings. The minimum Gasteiger partial charge on any atom is -0.493 e. The van der Waals surface area contributed by atoms with Crippen molar-refractivity contribution >= 4 is 0 Å². The zero-order chi connectivity index (χ0) is 14.7. The Bertz CT molecular complexity index is 606. The number of benzene rings is 2. The number of fused-ring (bicyclic) bond motifs is 1. The number of ether oxygens (including phenoxy) is 1. The van der Waals surface area contributed by atoms with Crippen molar-refractivity contribution in [3.8, 4) is 5.75 Å². The average Bonchev–Trinajstić information content (AvgIpc) is 2.53. The van der Waals surface area contributed by atoms with Crippen molar-refractivity contribution in [3.63, 3.8) is 0 Å². The van der Waals surface area contributed by atoms with Crippen LogP contribution in [0, 0.1) is 0 Å². The molecule has 2 heteroatoms. The molecule has 0 amide bonds. The Morgan fingerprint density at radius 1 is 1.14 bits per heavy atom. The number of hydrogen-bond donors (Lipinski definition) is 1. The van der Waals surface area contributed by atoms with Gasteiger partial charge in [0.05, 0.1) is 6.61 Å². The third-order valence-electron chi connectivity index (χ3n) is 4.34. The number of rotatable bonds is 4. The summed E-state index contributed by atoms with van der Waals surface area (Å²) in [5, 5.41) is 0. The molecule has 2 N–H and O–H groups in total. The zero-order valence-electron chi connectivity index (χ0n) is 12.6. The van der Waals surface area contributed by atoms with Gasteiger partial charge >= 0.3 is 0 Å². The summed E-state index contributed by atoms with van der Waals surface area (Å²) in [6.45, 7) is 2.73. The second kappa shape index (κ2) is 6.31. The molecule has 2 aromatic carbocycles. The Hall–Kier alpha value is -1.80. The van der Waals surface area contributed by atoms with Crippen molar-refractivity contribution < 1.29 is 4.74 Å². The molecule has 110 valence electrons. The number of para-hydroxylation sites is 1. The van der Waals surface area contributed by atoms with Gasteiger partial charge in [0, 0.05) is 17.5 Å². The Labute approximate surface area is 126 Å². The van der Waals surface area contributed by atoms with Crippen LogP contribution in [0.5, 0.6) is 5.75 Å². The molecule has 2 atom stereocenters. The van der Waals surface area contributed by atoms with Gasteiger partial charge in [-0.1, -0.05) is 42.5 Å². The van der Waals surface area contributed by atoms with Crippen molar-refractivity contribution in [2.45, 2.75) is 38.1 Å². The number of hydrogen-bond acceptors (Lipinski definition) is 2. The molecule has 0 aliphatic heterocycles. The molecule has 21 heavy (non-hydrogen) atoms. The van der Waals surface area contributed by atoms with Crippen molar-refractivity contribution in [2.75, 3.05) is 6.61 Å². The van der Waals surface area contributed by atoms with Gasteiger partial charge in [0.1, 0.15) is 5.75 Å². The third kappa shape index (κ3) is 3.11. The topological polar surface area (TPSA) is 35.2 Å². The van der Waals surface area contributed by atoms with E-state index < -0.39 is 0 Å². The summed E-state index contributed by atoms with van der Waals surface area (Å²) in [5.74, 6) is 1.42. The standard InChI is InChI=1S/C19H23NO/c1-14(20)17-10-4-5-12-19(17)21-13-16-9-6-8-15-7-2-3-11-18(15)16/h2-5,7,10-12,14,16H,6,8-9,13,20H2,1H3. The van der Waals surface area contributed by atoms with Crippen LogP contribution in [-0.2, 0) is 6.42 Å². The van der Waals surface area contributed by atoms with Crippen LogP contribution in [0.1, 0.15) is 48.4 Å². The van der Waals surface area contributed by atoms with E-state index in [1.165, 1.54) is 30.4 Å². The van der Waals surface area contributed by atoms with E-state index in [0.717, 1.165) is 17.9 Å². The maximum atomic E-state index is 6.11. The van der Waals surface area contributed by atoms with Crippen LogP contribution >= 0.6 is 0 Å². The summed E-state index contributed by atoms with van der Waals surface area (Å²) < 4.78 is 6.11. The van der Waals surface area contributed by atoms with E-state index in [0.29, 0.717) is 5.92 Å². The zero-order valence-corrected chi connectivity index (χ0v) is 12.6. The first-order chi connectivity index (χ1) is 10.3. The van der Waals surface area contributed by atoms with E-state index >= 15 is 0 Å². The summed E-state index contributed by atoms with van der Waals surface area (Å²) >= 11 is 0. The second-order valence-electron chi connectivity index (χ2n) is 5.93. The lowest BCUT2D eigenvalue weighted by Crippen LogP contribution is -2.17.